The topological polar surface area (TPSA) is 59.8 Å². The molecule has 0 aliphatic heterocycles. The highest BCUT2D eigenvalue weighted by atomic mass is 35.5. The molecule has 0 saturated heterocycles. The first-order valence-electron chi connectivity index (χ1n) is 13.5. The lowest BCUT2D eigenvalue weighted by Crippen LogP contribution is -2.35. The fraction of sp³-hybridized carbons (Fsp3) is 0.182. The van der Waals surface area contributed by atoms with Crippen molar-refractivity contribution in [1.82, 2.24) is 20.1 Å². The Morgan fingerprint density at radius 2 is 1.49 bits per heavy atom. The minimum Gasteiger partial charge on any atom is -0.345 e. The van der Waals surface area contributed by atoms with Crippen LogP contribution in [0.2, 0.25) is 10.0 Å². The van der Waals surface area contributed by atoms with Crippen molar-refractivity contribution in [3.8, 4) is 5.69 Å². The predicted octanol–water partition coefficient (Wildman–Crippen LogP) is 8.46. The lowest BCUT2D eigenvalue weighted by Gasteiger charge is -2.23. The number of carbonyl (C=O) groups is 1. The number of nitrogens with zero attached hydrogens (tertiary/aromatic N) is 3. The molecule has 5 nitrogen and oxygen atoms in total. The normalized spacial score (nSPS) is 12.6. The Kier molecular flexibility index (Phi) is 9.78. The largest absolute Gasteiger partial charge is 0.345 e. The molecule has 1 N–H and O–H groups in total. The molecule has 0 spiro atoms. The summed E-state index contributed by atoms with van der Waals surface area (Å²) < 4.78 is 1.95. The number of aromatic nitrogens is 3. The molecule has 8 heteroatoms. The molecule has 4 aromatic carbocycles. The van der Waals surface area contributed by atoms with Crippen LogP contribution in [0.4, 0.5) is 0 Å². The molecule has 0 bridgehead atoms. The zero-order chi connectivity index (χ0) is 28.6. The lowest BCUT2D eigenvalue weighted by molar-refractivity contribution is -0.123. The third kappa shape index (κ3) is 7.20. The summed E-state index contributed by atoms with van der Waals surface area (Å²) in [5.41, 5.74) is 3.92. The van der Waals surface area contributed by atoms with Gasteiger partial charge in [0.1, 0.15) is 0 Å². The van der Waals surface area contributed by atoms with Crippen molar-refractivity contribution in [1.29, 1.82) is 0 Å². The fourth-order valence-corrected chi connectivity index (χ4v) is 6.20. The van der Waals surface area contributed by atoms with Gasteiger partial charge in [-0.25, -0.2) is 0 Å². The van der Waals surface area contributed by atoms with Gasteiger partial charge < -0.3 is 5.32 Å². The van der Waals surface area contributed by atoms with E-state index in [1.807, 2.05) is 84.3 Å². The van der Waals surface area contributed by atoms with Crippen LogP contribution < -0.4 is 5.32 Å². The third-order valence-corrected chi connectivity index (χ3v) is 8.40. The number of hydrogen-bond donors (Lipinski definition) is 1. The van der Waals surface area contributed by atoms with E-state index < -0.39 is 6.04 Å². The number of halogens is 2. The number of rotatable bonds is 11. The highest BCUT2D eigenvalue weighted by Gasteiger charge is 2.28. The molecule has 0 radical (unpaired) electrons. The van der Waals surface area contributed by atoms with Gasteiger partial charge in [0, 0.05) is 10.8 Å². The summed E-state index contributed by atoms with van der Waals surface area (Å²) in [5.74, 6) is 0.947. The summed E-state index contributed by atoms with van der Waals surface area (Å²) in [6, 6.07) is 35.0. The smallest absolute Gasteiger partial charge is 0.228 e. The summed E-state index contributed by atoms with van der Waals surface area (Å²) in [4.78, 5) is 13.8. The molecule has 0 aliphatic carbocycles. The van der Waals surface area contributed by atoms with Crippen LogP contribution in [0.25, 0.3) is 5.69 Å². The van der Waals surface area contributed by atoms with E-state index in [-0.39, 0.29) is 11.8 Å². The van der Waals surface area contributed by atoms with Crippen molar-refractivity contribution in [2.45, 2.75) is 42.6 Å². The quantitative estimate of drug-likeness (QED) is 0.154. The van der Waals surface area contributed by atoms with Crippen molar-refractivity contribution in [2.75, 3.05) is 0 Å². The van der Waals surface area contributed by atoms with Gasteiger partial charge in [-0.1, -0.05) is 133 Å². The molecule has 2 unspecified atom stereocenters. The zero-order valence-corrected chi connectivity index (χ0v) is 24.9. The third-order valence-electron chi connectivity index (χ3n) is 6.86. The minimum absolute atomic E-state index is 0.0603. The van der Waals surface area contributed by atoms with Crippen LogP contribution in [0.3, 0.4) is 0 Å². The Morgan fingerprint density at radius 1 is 0.854 bits per heavy atom. The Hall–Kier alpha value is -3.58. The van der Waals surface area contributed by atoms with Gasteiger partial charge in [0.25, 0.3) is 0 Å². The molecular weight excluding hydrogens is 571 g/mol. The van der Waals surface area contributed by atoms with E-state index in [2.05, 4.69) is 39.8 Å². The zero-order valence-electron chi connectivity index (χ0n) is 22.6. The summed E-state index contributed by atoms with van der Waals surface area (Å²) in [6.45, 7) is 2.03. The van der Waals surface area contributed by atoms with Crippen molar-refractivity contribution in [3.05, 3.63) is 142 Å². The van der Waals surface area contributed by atoms with Crippen LogP contribution in [0.1, 0.15) is 47.8 Å². The average molecular weight is 602 g/mol. The minimum atomic E-state index is -0.465. The van der Waals surface area contributed by atoms with Gasteiger partial charge in [0.2, 0.25) is 5.91 Å². The maximum Gasteiger partial charge on any atom is 0.228 e. The number of nitrogens with one attached hydrogen (secondary N) is 1. The van der Waals surface area contributed by atoms with E-state index in [0.29, 0.717) is 45.3 Å². The Bertz CT molecular complexity index is 1580. The van der Waals surface area contributed by atoms with E-state index in [0.717, 1.165) is 11.1 Å². The number of carbonyl (C=O) groups excluding carboxylic acids is 1. The molecule has 41 heavy (non-hydrogen) atoms. The molecular formula is C33H30Cl2N4OS. The van der Waals surface area contributed by atoms with E-state index >= 15 is 0 Å². The van der Waals surface area contributed by atoms with E-state index in [9.17, 15) is 4.79 Å². The van der Waals surface area contributed by atoms with Crippen LogP contribution in [-0.2, 0) is 17.0 Å². The first-order chi connectivity index (χ1) is 20.0. The fourth-order valence-electron chi connectivity index (χ4n) is 4.80. The number of hydrogen-bond acceptors (Lipinski definition) is 4. The second-order valence-corrected chi connectivity index (χ2v) is 11.5. The molecule has 1 heterocycles. The second-order valence-electron chi connectivity index (χ2n) is 9.67. The summed E-state index contributed by atoms with van der Waals surface area (Å²) >= 11 is 14.6. The van der Waals surface area contributed by atoms with Gasteiger partial charge in [0.05, 0.1) is 22.7 Å². The molecule has 0 fully saturated rings. The highest BCUT2D eigenvalue weighted by molar-refractivity contribution is 7.98. The maximum absolute atomic E-state index is 13.8. The summed E-state index contributed by atoms with van der Waals surface area (Å²) in [6.07, 6.45) is 1.20. The standard InChI is InChI=1S/C33H30Cl2N4OS/c1-2-27(25-16-10-5-11-17-25)32(40)36-29(20-23-12-6-3-7-13-23)31-37-38-33(41-22-24-14-8-4-9-15-24)39(31)30-19-18-26(34)21-28(30)35/h3-19,21,27,29H,2,20,22H2,1H3,(H,36,40). The van der Waals surface area contributed by atoms with E-state index in [4.69, 9.17) is 23.2 Å². The van der Waals surface area contributed by atoms with E-state index in [1.54, 1.807) is 23.9 Å². The number of amides is 1. The Morgan fingerprint density at radius 3 is 2.12 bits per heavy atom. The number of benzene rings is 4. The van der Waals surface area contributed by atoms with Gasteiger partial charge in [-0.05, 0) is 47.7 Å². The van der Waals surface area contributed by atoms with E-state index in [1.165, 1.54) is 5.56 Å². The Balaban J connectivity index is 1.56. The average Bonchev–Trinajstić information content (AvgIpc) is 3.41. The Labute approximate surface area is 254 Å². The number of thioether (sulfide) groups is 1. The van der Waals surface area contributed by atoms with Gasteiger partial charge >= 0.3 is 0 Å². The van der Waals surface area contributed by atoms with Crippen molar-refractivity contribution >= 4 is 40.9 Å². The van der Waals surface area contributed by atoms with Gasteiger partial charge in [0.15, 0.2) is 11.0 Å². The molecule has 1 amide bonds. The molecule has 5 rings (SSSR count). The van der Waals surface area contributed by atoms with Gasteiger partial charge in [-0.2, -0.15) is 0 Å². The SMILES string of the molecule is CCC(C(=O)NC(Cc1ccccc1)c1nnc(SCc2ccccc2)n1-c1ccc(Cl)cc1Cl)c1ccccc1. The highest BCUT2D eigenvalue weighted by Crippen LogP contribution is 2.33. The molecule has 0 aliphatic rings. The van der Waals surface area contributed by atoms with Crippen molar-refractivity contribution < 1.29 is 4.79 Å². The van der Waals surface area contributed by atoms with Crippen LogP contribution in [-0.4, -0.2) is 20.7 Å². The molecule has 1 aromatic heterocycles. The van der Waals surface area contributed by atoms with Gasteiger partial charge in [-0.15, -0.1) is 10.2 Å². The van der Waals surface area contributed by atoms with Gasteiger partial charge in [-0.3, -0.25) is 9.36 Å². The monoisotopic (exact) mass is 600 g/mol. The first-order valence-corrected chi connectivity index (χ1v) is 15.2. The maximum atomic E-state index is 13.8. The van der Waals surface area contributed by atoms with Crippen LogP contribution in [0.5, 0.6) is 0 Å². The lowest BCUT2D eigenvalue weighted by atomic mass is 9.94. The predicted molar refractivity (Wildman–Crippen MR) is 168 cm³/mol. The molecule has 208 valence electrons. The van der Waals surface area contributed by atoms with Crippen molar-refractivity contribution in [3.63, 3.8) is 0 Å². The molecule has 2 atom stereocenters. The summed E-state index contributed by atoms with van der Waals surface area (Å²) in [7, 11) is 0. The second kappa shape index (κ2) is 13.9. The van der Waals surface area contributed by atoms with Crippen molar-refractivity contribution in [2.24, 2.45) is 0 Å². The van der Waals surface area contributed by atoms with Crippen LogP contribution in [0.15, 0.2) is 114 Å². The van der Waals surface area contributed by atoms with Crippen LogP contribution >= 0.6 is 35.0 Å². The van der Waals surface area contributed by atoms with Crippen LogP contribution in [0, 0.1) is 0 Å². The first kappa shape index (κ1) is 28.9. The summed E-state index contributed by atoms with van der Waals surface area (Å²) in [5, 5.41) is 14.3. The molecule has 5 aromatic rings. The molecule has 0 saturated carbocycles.